The average molecular weight is 420 g/mol. The fourth-order valence-electron chi connectivity index (χ4n) is 3.24. The molecular weight excluding hydrogens is 398 g/mol. The Hall–Kier alpha value is -3.39. The topological polar surface area (TPSA) is 81.3 Å². The minimum Gasteiger partial charge on any atom is -0.351 e. The molecule has 2 aromatic carbocycles. The minimum absolute atomic E-state index is 0.0932. The van der Waals surface area contributed by atoms with E-state index < -0.39 is 0 Å². The fraction of sp³-hybridized carbons (Fsp3) is 0.182. The second-order valence-corrected chi connectivity index (χ2v) is 8.11. The molecule has 30 heavy (non-hydrogen) atoms. The van der Waals surface area contributed by atoms with Gasteiger partial charge in [-0.05, 0) is 24.6 Å². The van der Waals surface area contributed by atoms with Gasteiger partial charge in [0.1, 0.15) is 0 Å². The van der Waals surface area contributed by atoms with Crippen molar-refractivity contribution in [3.8, 4) is 0 Å². The Kier molecular flexibility index (Phi) is 5.67. The number of thioether (sulfide) groups is 1. The van der Waals surface area contributed by atoms with Crippen LogP contribution in [0.4, 0.5) is 0 Å². The molecule has 7 nitrogen and oxygen atoms in total. The number of aromatic nitrogens is 4. The monoisotopic (exact) mass is 419 g/mol. The van der Waals surface area contributed by atoms with Gasteiger partial charge >= 0.3 is 0 Å². The first-order valence-corrected chi connectivity index (χ1v) is 10.4. The number of rotatable bonds is 7. The standard InChI is InChI=1S/C22H21N5O2S/c1-3-13-26-20(29)17-11-7-8-12-18(17)27-21(26)24-25-22(27)30-15(2)19(28)23-14-16-9-5-4-6-10-16/h3-12,15H,1,13-14H2,2H3,(H,23,28)/t15-/m0/s1. The van der Waals surface area contributed by atoms with Crippen LogP contribution in [0.1, 0.15) is 12.5 Å². The molecule has 0 saturated carbocycles. The van der Waals surface area contributed by atoms with Gasteiger partial charge in [-0.25, -0.2) is 0 Å². The summed E-state index contributed by atoms with van der Waals surface area (Å²) >= 11 is 1.31. The largest absolute Gasteiger partial charge is 0.351 e. The summed E-state index contributed by atoms with van der Waals surface area (Å²) in [5, 5.41) is 12.2. The third-order valence-corrected chi connectivity index (χ3v) is 5.79. The number of benzene rings is 2. The normalized spacial score (nSPS) is 12.2. The van der Waals surface area contributed by atoms with Gasteiger partial charge in [-0.2, -0.15) is 0 Å². The van der Waals surface area contributed by atoms with Crippen LogP contribution in [0, 0.1) is 0 Å². The number of nitrogens with zero attached hydrogens (tertiary/aromatic N) is 4. The highest BCUT2D eigenvalue weighted by atomic mass is 32.2. The van der Waals surface area contributed by atoms with E-state index in [1.165, 1.54) is 16.3 Å². The summed E-state index contributed by atoms with van der Waals surface area (Å²) in [4.78, 5) is 25.5. The fourth-order valence-corrected chi connectivity index (χ4v) is 4.12. The third-order valence-electron chi connectivity index (χ3n) is 4.75. The molecule has 4 aromatic rings. The molecule has 0 aliphatic rings. The maximum absolute atomic E-state index is 12.9. The smallest absolute Gasteiger partial charge is 0.263 e. The van der Waals surface area contributed by atoms with E-state index in [2.05, 4.69) is 22.1 Å². The van der Waals surface area contributed by atoms with Crippen LogP contribution in [0.5, 0.6) is 0 Å². The van der Waals surface area contributed by atoms with Gasteiger partial charge < -0.3 is 5.32 Å². The molecule has 0 unspecified atom stereocenters. The first kappa shape index (κ1) is 19.9. The van der Waals surface area contributed by atoms with E-state index in [1.807, 2.05) is 59.9 Å². The Morgan fingerprint density at radius 1 is 1.17 bits per heavy atom. The molecule has 1 amide bonds. The molecule has 8 heteroatoms. The molecule has 1 N–H and O–H groups in total. The maximum atomic E-state index is 12.9. The SMILES string of the molecule is C=CCn1c(=O)c2ccccc2n2c(S[C@@H](C)C(=O)NCc3ccccc3)nnc12. The van der Waals surface area contributed by atoms with Crippen molar-refractivity contribution in [1.29, 1.82) is 0 Å². The number of amides is 1. The van der Waals surface area contributed by atoms with Crippen molar-refractivity contribution in [2.75, 3.05) is 0 Å². The first-order valence-electron chi connectivity index (χ1n) is 9.56. The zero-order valence-corrected chi connectivity index (χ0v) is 17.3. The van der Waals surface area contributed by atoms with Gasteiger partial charge in [0.2, 0.25) is 11.7 Å². The molecule has 1 atom stereocenters. The molecule has 2 aromatic heterocycles. The summed E-state index contributed by atoms with van der Waals surface area (Å²) in [7, 11) is 0. The van der Waals surface area contributed by atoms with Crippen LogP contribution in [0.2, 0.25) is 0 Å². The van der Waals surface area contributed by atoms with Gasteiger partial charge in [0.15, 0.2) is 5.16 Å². The van der Waals surface area contributed by atoms with E-state index in [4.69, 9.17) is 0 Å². The molecule has 0 spiro atoms. The number of nitrogens with one attached hydrogen (secondary N) is 1. The lowest BCUT2D eigenvalue weighted by molar-refractivity contribution is -0.120. The molecule has 0 radical (unpaired) electrons. The van der Waals surface area contributed by atoms with Crippen LogP contribution in [0.15, 0.2) is 77.2 Å². The van der Waals surface area contributed by atoms with Crippen molar-refractivity contribution in [2.24, 2.45) is 0 Å². The zero-order valence-electron chi connectivity index (χ0n) is 16.5. The van der Waals surface area contributed by atoms with E-state index in [9.17, 15) is 9.59 Å². The van der Waals surface area contributed by atoms with E-state index >= 15 is 0 Å². The third kappa shape index (κ3) is 3.73. The van der Waals surface area contributed by atoms with Crippen molar-refractivity contribution in [3.63, 3.8) is 0 Å². The predicted molar refractivity (Wildman–Crippen MR) is 119 cm³/mol. The Morgan fingerprint density at radius 3 is 2.67 bits per heavy atom. The number of carbonyl (C=O) groups excluding carboxylic acids is 1. The van der Waals surface area contributed by atoms with Gasteiger partial charge in [-0.1, -0.05) is 60.3 Å². The number of para-hydroxylation sites is 1. The Bertz CT molecular complexity index is 1280. The summed E-state index contributed by atoms with van der Waals surface area (Å²) in [6.45, 7) is 6.35. The number of allylic oxidation sites excluding steroid dienone is 1. The van der Waals surface area contributed by atoms with Crippen molar-refractivity contribution < 1.29 is 4.79 Å². The highest BCUT2D eigenvalue weighted by molar-refractivity contribution is 8.00. The lowest BCUT2D eigenvalue weighted by Crippen LogP contribution is -2.30. The van der Waals surface area contributed by atoms with Crippen LogP contribution >= 0.6 is 11.8 Å². The van der Waals surface area contributed by atoms with Gasteiger partial charge in [0, 0.05) is 13.1 Å². The van der Waals surface area contributed by atoms with Crippen LogP contribution in [0.3, 0.4) is 0 Å². The van der Waals surface area contributed by atoms with E-state index in [-0.39, 0.29) is 16.7 Å². The van der Waals surface area contributed by atoms with Gasteiger partial charge in [0.05, 0.1) is 16.2 Å². The first-order chi connectivity index (χ1) is 14.6. The van der Waals surface area contributed by atoms with Gasteiger partial charge in [-0.3, -0.25) is 18.6 Å². The van der Waals surface area contributed by atoms with Gasteiger partial charge in [0.25, 0.3) is 5.56 Å². The molecule has 0 bridgehead atoms. The lowest BCUT2D eigenvalue weighted by atomic mass is 10.2. The zero-order chi connectivity index (χ0) is 21.1. The van der Waals surface area contributed by atoms with Crippen molar-refractivity contribution >= 4 is 34.3 Å². The van der Waals surface area contributed by atoms with E-state index in [0.717, 1.165) is 5.56 Å². The quantitative estimate of drug-likeness (QED) is 0.368. The molecule has 152 valence electrons. The van der Waals surface area contributed by atoms with Crippen LogP contribution in [-0.4, -0.2) is 30.3 Å². The Labute approximate surface area is 177 Å². The maximum Gasteiger partial charge on any atom is 0.263 e. The Balaban J connectivity index is 1.65. The van der Waals surface area contributed by atoms with Gasteiger partial charge in [-0.15, -0.1) is 16.8 Å². The molecule has 0 aliphatic heterocycles. The molecule has 0 aliphatic carbocycles. The molecular formula is C22H21N5O2S. The molecule has 2 heterocycles. The van der Waals surface area contributed by atoms with Crippen LogP contribution < -0.4 is 10.9 Å². The molecule has 0 saturated heterocycles. The summed E-state index contributed by atoms with van der Waals surface area (Å²) in [6.07, 6.45) is 1.65. The van der Waals surface area contributed by atoms with E-state index in [1.54, 1.807) is 12.1 Å². The van der Waals surface area contributed by atoms with Crippen molar-refractivity contribution in [1.82, 2.24) is 24.5 Å². The average Bonchev–Trinajstić information content (AvgIpc) is 3.19. The van der Waals surface area contributed by atoms with Crippen LogP contribution in [-0.2, 0) is 17.9 Å². The highest BCUT2D eigenvalue weighted by Gasteiger charge is 2.21. The van der Waals surface area contributed by atoms with Crippen molar-refractivity contribution in [2.45, 2.75) is 30.4 Å². The number of carbonyl (C=O) groups is 1. The lowest BCUT2D eigenvalue weighted by Gasteiger charge is -2.13. The summed E-state index contributed by atoms with van der Waals surface area (Å²) < 4.78 is 3.36. The number of fused-ring (bicyclic) bond motifs is 3. The Morgan fingerprint density at radius 2 is 1.90 bits per heavy atom. The second-order valence-electron chi connectivity index (χ2n) is 6.80. The highest BCUT2D eigenvalue weighted by Crippen LogP contribution is 2.25. The number of hydrogen-bond acceptors (Lipinski definition) is 5. The van der Waals surface area contributed by atoms with Crippen LogP contribution in [0.25, 0.3) is 16.7 Å². The van der Waals surface area contributed by atoms with E-state index in [0.29, 0.717) is 34.9 Å². The summed E-state index contributed by atoms with van der Waals surface area (Å²) in [5.41, 5.74) is 1.60. The van der Waals surface area contributed by atoms with Crippen molar-refractivity contribution in [3.05, 3.63) is 83.2 Å². The molecule has 0 fully saturated rings. The minimum atomic E-state index is -0.389. The summed E-state index contributed by atoms with van der Waals surface area (Å²) in [6, 6.07) is 17.1. The molecule has 4 rings (SSSR count). The second kappa shape index (κ2) is 8.54. The predicted octanol–water partition coefficient (Wildman–Crippen LogP) is 3.03. The number of hydrogen-bond donors (Lipinski definition) is 1. The summed E-state index contributed by atoms with van der Waals surface area (Å²) in [5.74, 6) is 0.335.